The molecule has 0 bridgehead atoms. The molecule has 3 aromatic heterocycles. The van der Waals surface area contributed by atoms with E-state index in [1.165, 1.54) is 12.3 Å². The lowest BCUT2D eigenvalue weighted by Gasteiger charge is -2.36. The smallest absolute Gasteiger partial charge is 0.254 e. The molecule has 5 rings (SSSR count). The van der Waals surface area contributed by atoms with Crippen molar-refractivity contribution in [3.63, 3.8) is 0 Å². The number of aryl methyl sites for hydroxylation is 1. The molecule has 1 aliphatic heterocycles. The van der Waals surface area contributed by atoms with E-state index in [9.17, 15) is 9.59 Å². The molecule has 1 saturated carbocycles. The summed E-state index contributed by atoms with van der Waals surface area (Å²) in [6.45, 7) is 1.26. The van der Waals surface area contributed by atoms with Crippen molar-refractivity contribution in [2.45, 2.75) is 32.7 Å². The van der Waals surface area contributed by atoms with Crippen LogP contribution in [0.1, 0.15) is 51.5 Å². The summed E-state index contributed by atoms with van der Waals surface area (Å²) in [5, 5.41) is 7.96. The van der Waals surface area contributed by atoms with Gasteiger partial charge in [-0.2, -0.15) is 0 Å². The molecule has 2 amide bonds. The van der Waals surface area contributed by atoms with Gasteiger partial charge in [-0.05, 0) is 32.3 Å². The number of nitrogens with one attached hydrogen (secondary N) is 3. The van der Waals surface area contributed by atoms with Crippen molar-refractivity contribution in [2.24, 2.45) is 5.92 Å². The summed E-state index contributed by atoms with van der Waals surface area (Å²) >= 11 is 0. The molecule has 0 saturated heterocycles. The van der Waals surface area contributed by atoms with Crippen molar-refractivity contribution in [1.82, 2.24) is 25.3 Å². The number of rotatable bonds is 5. The SMILES string of the molecule is [2H]C([2H])([2H])NC(=O)c1cnc(NC(=O)C2CC2)cc1Nc1ncc(C)c2c1N(C)[C@@H](C)c1nccnc1-2. The number of aromatic nitrogens is 4. The highest BCUT2D eigenvalue weighted by molar-refractivity contribution is 6.02. The van der Waals surface area contributed by atoms with E-state index in [1.807, 2.05) is 31.1 Å². The Morgan fingerprint density at radius 2 is 1.94 bits per heavy atom. The van der Waals surface area contributed by atoms with Gasteiger partial charge in [0.25, 0.3) is 5.91 Å². The van der Waals surface area contributed by atoms with Gasteiger partial charge in [-0.25, -0.2) is 9.97 Å². The Hall–Kier alpha value is -4.08. The molecule has 4 heterocycles. The second-order valence-electron chi connectivity index (χ2n) is 8.55. The monoisotopic (exact) mass is 461 g/mol. The average molecular weight is 462 g/mol. The van der Waals surface area contributed by atoms with E-state index >= 15 is 0 Å². The van der Waals surface area contributed by atoms with E-state index in [2.05, 4.69) is 30.6 Å². The van der Waals surface area contributed by atoms with Gasteiger partial charge >= 0.3 is 0 Å². The summed E-state index contributed by atoms with van der Waals surface area (Å²) < 4.78 is 22.3. The summed E-state index contributed by atoms with van der Waals surface area (Å²) in [5.41, 5.74) is 4.32. The molecular weight excluding hydrogens is 432 g/mol. The van der Waals surface area contributed by atoms with Gasteiger partial charge in [0.1, 0.15) is 5.82 Å². The normalized spacial score (nSPS) is 18.0. The molecule has 174 valence electrons. The van der Waals surface area contributed by atoms with Gasteiger partial charge in [-0.15, -0.1) is 0 Å². The van der Waals surface area contributed by atoms with E-state index in [-0.39, 0.29) is 34.9 Å². The Bertz CT molecular complexity index is 1410. The van der Waals surface area contributed by atoms with Crippen LogP contribution in [0.25, 0.3) is 11.3 Å². The molecule has 34 heavy (non-hydrogen) atoms. The minimum absolute atomic E-state index is 0.0108. The summed E-state index contributed by atoms with van der Waals surface area (Å²) in [6, 6.07) is 1.40. The number of hydrogen-bond donors (Lipinski definition) is 3. The van der Waals surface area contributed by atoms with Crippen LogP contribution in [-0.2, 0) is 4.79 Å². The zero-order valence-corrected chi connectivity index (χ0v) is 19.0. The van der Waals surface area contributed by atoms with E-state index < -0.39 is 12.9 Å². The van der Waals surface area contributed by atoms with Gasteiger partial charge in [0.05, 0.1) is 34.4 Å². The maximum absolute atomic E-state index is 12.9. The number of carbonyl (C=O) groups is 2. The van der Waals surface area contributed by atoms with Crippen molar-refractivity contribution in [2.75, 3.05) is 29.6 Å². The van der Waals surface area contributed by atoms with Crippen LogP contribution < -0.4 is 20.9 Å². The number of fused-ring (bicyclic) bond motifs is 3. The van der Waals surface area contributed by atoms with Gasteiger partial charge in [0.2, 0.25) is 5.91 Å². The van der Waals surface area contributed by atoms with Crippen molar-refractivity contribution in [3.05, 3.63) is 47.7 Å². The van der Waals surface area contributed by atoms with Crippen LogP contribution in [0.4, 0.5) is 23.0 Å². The number of hydrogen-bond acceptors (Lipinski definition) is 8. The quantitative estimate of drug-likeness (QED) is 0.529. The molecule has 3 N–H and O–H groups in total. The Kier molecular flexibility index (Phi) is 4.52. The second-order valence-corrected chi connectivity index (χ2v) is 8.55. The Balaban J connectivity index is 1.60. The van der Waals surface area contributed by atoms with Gasteiger partial charge in [-0.1, -0.05) is 0 Å². The average Bonchev–Trinajstić information content (AvgIpc) is 3.68. The molecule has 1 atom stereocenters. The van der Waals surface area contributed by atoms with Crippen LogP contribution in [-0.4, -0.2) is 45.8 Å². The minimum atomic E-state index is -2.69. The second kappa shape index (κ2) is 8.36. The molecule has 10 nitrogen and oxygen atoms in total. The maximum atomic E-state index is 12.9. The van der Waals surface area contributed by atoms with E-state index in [0.717, 1.165) is 41.0 Å². The van der Waals surface area contributed by atoms with Crippen molar-refractivity contribution in [1.29, 1.82) is 0 Å². The molecule has 0 aromatic carbocycles. The fourth-order valence-corrected chi connectivity index (χ4v) is 4.13. The fraction of sp³-hybridized carbons (Fsp3) is 0.333. The van der Waals surface area contributed by atoms with Crippen LogP contribution in [0.2, 0.25) is 0 Å². The zero-order chi connectivity index (χ0) is 26.5. The lowest BCUT2D eigenvalue weighted by Crippen LogP contribution is -2.29. The first-order valence-electron chi connectivity index (χ1n) is 12.5. The highest BCUT2D eigenvalue weighted by Crippen LogP contribution is 2.47. The summed E-state index contributed by atoms with van der Waals surface area (Å²) in [6.07, 6.45) is 7.88. The molecule has 1 aliphatic carbocycles. The molecule has 2 aliphatic rings. The van der Waals surface area contributed by atoms with Crippen molar-refractivity contribution >= 4 is 34.8 Å². The lowest BCUT2D eigenvalue weighted by molar-refractivity contribution is -0.117. The molecular formula is C24H26N8O2. The fourth-order valence-electron chi connectivity index (χ4n) is 4.13. The van der Waals surface area contributed by atoms with Crippen LogP contribution in [0, 0.1) is 12.8 Å². The van der Waals surface area contributed by atoms with Gasteiger partial charge < -0.3 is 20.9 Å². The largest absolute Gasteiger partial charge is 0.363 e. The molecule has 3 aromatic rings. The predicted molar refractivity (Wildman–Crippen MR) is 129 cm³/mol. The first-order chi connectivity index (χ1) is 17.5. The zero-order valence-electron chi connectivity index (χ0n) is 22.0. The van der Waals surface area contributed by atoms with Crippen molar-refractivity contribution < 1.29 is 13.7 Å². The molecule has 0 unspecified atom stereocenters. The van der Waals surface area contributed by atoms with E-state index in [0.29, 0.717) is 5.82 Å². The van der Waals surface area contributed by atoms with Crippen LogP contribution in [0.5, 0.6) is 0 Å². The maximum Gasteiger partial charge on any atom is 0.254 e. The third kappa shape index (κ3) is 3.70. The van der Waals surface area contributed by atoms with Crippen LogP contribution >= 0.6 is 0 Å². The summed E-state index contributed by atoms with van der Waals surface area (Å²) in [5.74, 6) is -0.357. The molecule has 1 fully saturated rings. The number of carbonyl (C=O) groups excluding carboxylic acids is 2. The Labute approximate surface area is 201 Å². The van der Waals surface area contributed by atoms with Gasteiger partial charge in [0, 0.05) is 60.5 Å². The first-order valence-corrected chi connectivity index (χ1v) is 11.0. The van der Waals surface area contributed by atoms with Crippen LogP contribution in [0.3, 0.4) is 0 Å². The highest BCUT2D eigenvalue weighted by Gasteiger charge is 2.33. The number of pyridine rings is 2. The Morgan fingerprint density at radius 3 is 2.71 bits per heavy atom. The topological polar surface area (TPSA) is 125 Å². The summed E-state index contributed by atoms with van der Waals surface area (Å²) in [4.78, 5) is 45.1. The molecule has 0 spiro atoms. The highest BCUT2D eigenvalue weighted by atomic mass is 16.2. The van der Waals surface area contributed by atoms with E-state index in [1.54, 1.807) is 18.6 Å². The standard InChI is InChI=1S/C24H26N8O2/c1-12-10-29-22(21-18(12)20-19(13(2)32(21)4)26-7-8-27-20)30-16-9-17(31-23(33)14-5-6-14)28-11-15(16)24(34)25-3/h7-11,13-14H,5-6H2,1-4H3,(H,25,34)(H2,28,29,30,31,33)/t13-/m0/s1/i3D3. The number of amides is 2. The number of nitrogens with zero attached hydrogens (tertiary/aromatic N) is 5. The van der Waals surface area contributed by atoms with Crippen molar-refractivity contribution in [3.8, 4) is 11.3 Å². The lowest BCUT2D eigenvalue weighted by atomic mass is 9.94. The molecule has 0 radical (unpaired) electrons. The van der Waals surface area contributed by atoms with Gasteiger partial charge in [0.15, 0.2) is 5.82 Å². The number of anilines is 4. The first kappa shape index (κ1) is 18.4. The predicted octanol–water partition coefficient (Wildman–Crippen LogP) is 3.20. The Morgan fingerprint density at radius 1 is 1.15 bits per heavy atom. The third-order valence-electron chi connectivity index (χ3n) is 6.25. The van der Waals surface area contributed by atoms with Crippen LogP contribution in [0.15, 0.2) is 30.9 Å². The minimum Gasteiger partial charge on any atom is -0.363 e. The van der Waals surface area contributed by atoms with E-state index in [4.69, 9.17) is 4.11 Å². The molecule has 10 heteroatoms. The summed E-state index contributed by atoms with van der Waals surface area (Å²) in [7, 11) is 1.92. The van der Waals surface area contributed by atoms with Gasteiger partial charge in [-0.3, -0.25) is 19.6 Å². The third-order valence-corrected chi connectivity index (χ3v) is 6.25.